The summed E-state index contributed by atoms with van der Waals surface area (Å²) in [6, 6.07) is 0. The molecule has 3 nitrogen and oxygen atoms in total. The van der Waals surface area contributed by atoms with Crippen LogP contribution in [0.5, 0.6) is 0 Å². The summed E-state index contributed by atoms with van der Waals surface area (Å²) < 4.78 is 10.5. The van der Waals surface area contributed by atoms with Gasteiger partial charge in [0, 0.05) is 5.92 Å². The Morgan fingerprint density at radius 2 is 2.13 bits per heavy atom. The van der Waals surface area contributed by atoms with Crippen molar-refractivity contribution in [3.05, 3.63) is 0 Å². The summed E-state index contributed by atoms with van der Waals surface area (Å²) in [5, 5.41) is 0. The van der Waals surface area contributed by atoms with E-state index in [1.54, 1.807) is 0 Å². The Hall–Kier alpha value is -0.570. The Bertz CT molecular complexity index is 301. The molecule has 15 heavy (non-hydrogen) atoms. The van der Waals surface area contributed by atoms with Crippen LogP contribution in [0.3, 0.4) is 0 Å². The molecule has 0 aromatic heterocycles. The van der Waals surface area contributed by atoms with Gasteiger partial charge in [0.05, 0.1) is 13.2 Å². The molecule has 3 fully saturated rings. The van der Waals surface area contributed by atoms with E-state index in [2.05, 4.69) is 0 Å². The van der Waals surface area contributed by atoms with E-state index in [4.69, 9.17) is 9.47 Å². The predicted molar refractivity (Wildman–Crippen MR) is 54.2 cm³/mol. The minimum absolute atomic E-state index is 0.0642. The van der Waals surface area contributed by atoms with E-state index in [1.165, 1.54) is 32.8 Å². The molecule has 84 valence electrons. The molecule has 0 aromatic rings. The monoisotopic (exact) mass is 210 g/mol. The Morgan fingerprint density at radius 3 is 2.53 bits per heavy atom. The first kappa shape index (κ1) is 9.64. The molecule has 3 aliphatic rings. The van der Waals surface area contributed by atoms with Gasteiger partial charge in [-0.15, -0.1) is 0 Å². The van der Waals surface area contributed by atoms with Crippen LogP contribution < -0.4 is 0 Å². The summed E-state index contributed by atoms with van der Waals surface area (Å²) in [6.45, 7) is 1.99. The predicted octanol–water partition coefficient (Wildman–Crippen LogP) is 1.75. The van der Waals surface area contributed by atoms with Crippen molar-refractivity contribution in [3.63, 3.8) is 0 Å². The summed E-state index contributed by atoms with van der Waals surface area (Å²) in [7, 11) is 1.46. The van der Waals surface area contributed by atoms with E-state index in [0.29, 0.717) is 11.8 Å². The van der Waals surface area contributed by atoms with Gasteiger partial charge in [-0.2, -0.15) is 0 Å². The summed E-state index contributed by atoms with van der Waals surface area (Å²) >= 11 is 0. The van der Waals surface area contributed by atoms with Crippen molar-refractivity contribution in [1.29, 1.82) is 0 Å². The van der Waals surface area contributed by atoms with E-state index >= 15 is 0 Å². The highest BCUT2D eigenvalue weighted by atomic mass is 16.7. The average Bonchev–Trinajstić information content (AvgIpc) is 2.69. The van der Waals surface area contributed by atoms with Crippen molar-refractivity contribution in [1.82, 2.24) is 0 Å². The van der Waals surface area contributed by atoms with Gasteiger partial charge in [0.25, 0.3) is 0 Å². The molecule has 2 bridgehead atoms. The van der Waals surface area contributed by atoms with E-state index in [9.17, 15) is 4.79 Å². The average molecular weight is 210 g/mol. The van der Waals surface area contributed by atoms with Gasteiger partial charge in [-0.3, -0.25) is 0 Å². The molecular weight excluding hydrogens is 192 g/mol. The smallest absolute Gasteiger partial charge is 0.341 e. The lowest BCUT2D eigenvalue weighted by atomic mass is 9.77. The Kier molecular flexibility index (Phi) is 1.91. The quantitative estimate of drug-likeness (QED) is 0.515. The van der Waals surface area contributed by atoms with E-state index in [-0.39, 0.29) is 12.1 Å². The molecule has 0 amide bonds. The number of fused-ring (bicyclic) bond motifs is 2. The maximum absolute atomic E-state index is 11.8. The number of hydrogen-bond acceptors (Lipinski definition) is 3. The van der Waals surface area contributed by atoms with Crippen molar-refractivity contribution in [2.75, 3.05) is 7.11 Å². The largest absolute Gasteiger partial charge is 0.467 e. The van der Waals surface area contributed by atoms with Gasteiger partial charge in [-0.05, 0) is 38.0 Å². The molecular formula is C12H18O3. The molecule has 0 spiro atoms. The molecule has 1 saturated heterocycles. The van der Waals surface area contributed by atoms with Crippen LogP contribution >= 0.6 is 0 Å². The molecule has 2 aliphatic carbocycles. The van der Waals surface area contributed by atoms with E-state index in [0.717, 1.165) is 5.92 Å². The lowest BCUT2D eigenvalue weighted by molar-refractivity contribution is -0.150. The van der Waals surface area contributed by atoms with Crippen molar-refractivity contribution in [3.8, 4) is 0 Å². The van der Waals surface area contributed by atoms with Crippen molar-refractivity contribution >= 4 is 5.97 Å². The lowest BCUT2D eigenvalue weighted by Gasteiger charge is -2.26. The van der Waals surface area contributed by atoms with Crippen molar-refractivity contribution in [2.24, 2.45) is 17.8 Å². The van der Waals surface area contributed by atoms with Crippen molar-refractivity contribution in [2.45, 2.75) is 44.3 Å². The summed E-state index contributed by atoms with van der Waals surface area (Å²) in [6.07, 6.45) is 5.18. The highest BCUT2D eigenvalue weighted by Gasteiger charge is 2.69. The van der Waals surface area contributed by atoms with Crippen LogP contribution in [0.25, 0.3) is 0 Å². The third kappa shape index (κ3) is 1.13. The Morgan fingerprint density at radius 1 is 1.40 bits per heavy atom. The molecule has 5 atom stereocenters. The van der Waals surface area contributed by atoms with Crippen LogP contribution in [-0.2, 0) is 14.3 Å². The fraction of sp³-hybridized carbons (Fsp3) is 0.917. The summed E-state index contributed by atoms with van der Waals surface area (Å²) in [5.41, 5.74) is -0.561. The highest BCUT2D eigenvalue weighted by Crippen LogP contribution is 2.59. The zero-order chi connectivity index (χ0) is 10.6. The number of carbonyl (C=O) groups excluding carboxylic acids is 1. The summed E-state index contributed by atoms with van der Waals surface area (Å²) in [4.78, 5) is 11.8. The first-order valence-corrected chi connectivity index (χ1v) is 5.94. The third-order valence-corrected chi connectivity index (χ3v) is 4.71. The van der Waals surface area contributed by atoms with Gasteiger partial charge in [-0.25, -0.2) is 4.79 Å². The number of esters is 1. The van der Waals surface area contributed by atoms with Crippen LogP contribution in [0.15, 0.2) is 0 Å². The number of carbonyl (C=O) groups is 1. The van der Waals surface area contributed by atoms with Crippen molar-refractivity contribution < 1.29 is 14.3 Å². The highest BCUT2D eigenvalue weighted by molar-refractivity contribution is 5.84. The first-order chi connectivity index (χ1) is 7.18. The molecule has 1 heterocycles. The molecule has 5 unspecified atom stereocenters. The molecule has 2 saturated carbocycles. The molecule has 0 N–H and O–H groups in total. The third-order valence-electron chi connectivity index (χ3n) is 4.71. The first-order valence-electron chi connectivity index (χ1n) is 5.94. The molecule has 3 rings (SSSR count). The van der Waals surface area contributed by atoms with Gasteiger partial charge in [0.1, 0.15) is 0 Å². The second kappa shape index (κ2) is 2.97. The zero-order valence-electron chi connectivity index (χ0n) is 9.36. The number of ether oxygens (including phenoxy) is 2. The van der Waals surface area contributed by atoms with Gasteiger partial charge in [0.2, 0.25) is 0 Å². The molecule has 0 radical (unpaired) electrons. The summed E-state index contributed by atoms with van der Waals surface area (Å²) in [5.74, 6) is 1.84. The lowest BCUT2D eigenvalue weighted by Crippen LogP contribution is -2.39. The van der Waals surface area contributed by atoms with Gasteiger partial charge < -0.3 is 9.47 Å². The molecule has 3 heteroatoms. The van der Waals surface area contributed by atoms with Crippen LogP contribution in [0.1, 0.15) is 32.6 Å². The number of hydrogen-bond donors (Lipinski definition) is 0. The van der Waals surface area contributed by atoms with Crippen LogP contribution in [0.4, 0.5) is 0 Å². The maximum Gasteiger partial charge on any atom is 0.341 e. The maximum atomic E-state index is 11.8. The second-order valence-electron chi connectivity index (χ2n) is 5.33. The Balaban J connectivity index is 1.83. The number of methoxy groups -OCH3 is 1. The van der Waals surface area contributed by atoms with Crippen LogP contribution in [-0.4, -0.2) is 24.8 Å². The number of epoxide rings is 1. The minimum Gasteiger partial charge on any atom is -0.467 e. The van der Waals surface area contributed by atoms with Crippen LogP contribution in [0.2, 0.25) is 0 Å². The second-order valence-corrected chi connectivity index (χ2v) is 5.33. The fourth-order valence-electron chi connectivity index (χ4n) is 3.94. The van der Waals surface area contributed by atoms with Gasteiger partial charge in [0.15, 0.2) is 5.60 Å². The van der Waals surface area contributed by atoms with E-state index in [1.807, 2.05) is 6.92 Å². The molecule has 0 aromatic carbocycles. The minimum atomic E-state index is -0.561. The topological polar surface area (TPSA) is 38.8 Å². The standard InChI is InChI=1S/C12H18O3/c1-7-12(15-7,11(13)14-2)10-6-8-3-4-9(10)5-8/h7-10H,3-6H2,1-2H3. The van der Waals surface area contributed by atoms with Crippen LogP contribution in [0, 0.1) is 17.8 Å². The zero-order valence-corrected chi connectivity index (χ0v) is 9.36. The van der Waals surface area contributed by atoms with Gasteiger partial charge >= 0.3 is 5.97 Å². The fourth-order valence-corrected chi connectivity index (χ4v) is 3.94. The number of rotatable bonds is 2. The van der Waals surface area contributed by atoms with Gasteiger partial charge in [-0.1, -0.05) is 6.42 Å². The molecule has 1 aliphatic heterocycles. The Labute approximate surface area is 90.1 Å². The van der Waals surface area contributed by atoms with E-state index < -0.39 is 5.60 Å². The SMILES string of the molecule is COC(=O)C1(C2CC3CCC2C3)OC1C. The normalized spacial score (nSPS) is 51.9.